The molecule has 0 saturated heterocycles. The summed E-state index contributed by atoms with van der Waals surface area (Å²) in [5, 5.41) is 17.8. The van der Waals surface area contributed by atoms with Gasteiger partial charge >= 0.3 is 11.9 Å². The number of rotatable bonds is 10. The summed E-state index contributed by atoms with van der Waals surface area (Å²) in [5.74, 6) is -1.29. The molecule has 2 atom stereocenters. The van der Waals surface area contributed by atoms with Crippen molar-refractivity contribution in [1.82, 2.24) is 0 Å². The van der Waals surface area contributed by atoms with Gasteiger partial charge in [-0.15, -0.1) is 0 Å². The maximum atomic E-state index is 10.7. The van der Waals surface area contributed by atoms with Crippen LogP contribution in [-0.4, -0.2) is 34.4 Å². The fourth-order valence-electron chi connectivity index (χ4n) is 1.77. The van der Waals surface area contributed by atoms with E-state index in [-0.39, 0.29) is 12.1 Å². The summed E-state index contributed by atoms with van der Waals surface area (Å²) >= 11 is 0. The van der Waals surface area contributed by atoms with E-state index in [4.69, 9.17) is 9.84 Å². The summed E-state index contributed by atoms with van der Waals surface area (Å²) in [5.41, 5.74) is 0. The first-order valence-corrected chi connectivity index (χ1v) is 6.68. The maximum absolute atomic E-state index is 10.7. The van der Waals surface area contributed by atoms with Crippen molar-refractivity contribution in [2.24, 2.45) is 0 Å². The molecule has 5 heteroatoms. The maximum Gasteiger partial charge on any atom is 0.328 e. The number of hydrogen-bond acceptors (Lipinski definition) is 4. The average molecular weight is 272 g/mol. The van der Waals surface area contributed by atoms with Gasteiger partial charge in [-0.1, -0.05) is 19.3 Å². The van der Waals surface area contributed by atoms with Crippen LogP contribution in [0, 0.1) is 0 Å². The van der Waals surface area contributed by atoms with Gasteiger partial charge < -0.3 is 14.9 Å². The van der Waals surface area contributed by atoms with Crippen molar-refractivity contribution in [1.29, 1.82) is 0 Å². The molecule has 19 heavy (non-hydrogen) atoms. The molecular weight excluding hydrogens is 248 g/mol. The predicted molar refractivity (Wildman–Crippen MR) is 71.7 cm³/mol. The third kappa shape index (κ3) is 12.9. The van der Waals surface area contributed by atoms with Gasteiger partial charge in [0.1, 0.15) is 0 Å². The van der Waals surface area contributed by atoms with Crippen LogP contribution < -0.4 is 0 Å². The summed E-state index contributed by atoms with van der Waals surface area (Å²) < 4.78 is 5.01. The monoisotopic (exact) mass is 272 g/mol. The Balaban J connectivity index is 3.45. The molecule has 0 heterocycles. The summed E-state index contributed by atoms with van der Waals surface area (Å²) in [4.78, 5) is 20.9. The van der Waals surface area contributed by atoms with Crippen molar-refractivity contribution in [2.75, 3.05) is 0 Å². The molecule has 0 aromatic rings. The normalized spacial score (nSPS) is 14.3. The van der Waals surface area contributed by atoms with Gasteiger partial charge in [-0.25, -0.2) is 4.79 Å². The van der Waals surface area contributed by atoms with E-state index >= 15 is 0 Å². The zero-order valence-electron chi connectivity index (χ0n) is 11.7. The second-order valence-electron chi connectivity index (χ2n) is 4.68. The van der Waals surface area contributed by atoms with Crippen molar-refractivity contribution in [2.45, 2.75) is 64.6 Å². The molecule has 2 N–H and O–H groups in total. The number of carbonyl (C=O) groups is 2. The highest BCUT2D eigenvalue weighted by Gasteiger charge is 2.05. The van der Waals surface area contributed by atoms with Gasteiger partial charge in [0, 0.05) is 13.0 Å². The van der Waals surface area contributed by atoms with Crippen LogP contribution in [0.25, 0.3) is 0 Å². The van der Waals surface area contributed by atoms with Gasteiger partial charge in [0.2, 0.25) is 0 Å². The SMILES string of the molecule is CC(=O)O[C@H](C)CCCCCC[C@H](O)/C=C/C(=O)O. The molecule has 0 unspecified atom stereocenters. The number of unbranched alkanes of at least 4 members (excludes halogenated alkanes) is 3. The Morgan fingerprint density at radius 2 is 1.74 bits per heavy atom. The van der Waals surface area contributed by atoms with E-state index in [1.165, 1.54) is 13.0 Å². The molecule has 0 aromatic heterocycles. The smallest absolute Gasteiger partial charge is 0.328 e. The number of aliphatic hydroxyl groups is 1. The first kappa shape index (κ1) is 17.6. The molecule has 110 valence electrons. The molecule has 0 saturated carbocycles. The summed E-state index contributed by atoms with van der Waals surface area (Å²) in [6.45, 7) is 3.28. The second-order valence-corrected chi connectivity index (χ2v) is 4.68. The predicted octanol–water partition coefficient (Wildman–Crippen LogP) is 2.28. The van der Waals surface area contributed by atoms with Gasteiger partial charge in [0.15, 0.2) is 0 Å². The quantitative estimate of drug-likeness (QED) is 0.362. The Labute approximate surface area is 114 Å². The van der Waals surface area contributed by atoms with E-state index < -0.39 is 12.1 Å². The molecule has 0 aliphatic heterocycles. The molecule has 0 rings (SSSR count). The first-order valence-electron chi connectivity index (χ1n) is 6.68. The Hall–Kier alpha value is -1.36. The van der Waals surface area contributed by atoms with Crippen molar-refractivity contribution in [3.05, 3.63) is 12.2 Å². The van der Waals surface area contributed by atoms with E-state index in [1.807, 2.05) is 6.92 Å². The van der Waals surface area contributed by atoms with E-state index in [0.717, 1.165) is 38.2 Å². The lowest BCUT2D eigenvalue weighted by Crippen LogP contribution is -2.11. The van der Waals surface area contributed by atoms with Crippen LogP contribution in [0.15, 0.2) is 12.2 Å². The number of carbonyl (C=O) groups excluding carboxylic acids is 1. The molecule has 0 spiro atoms. The Bertz CT molecular complexity index is 298. The molecule has 0 amide bonds. The molecular formula is C14H24O5. The van der Waals surface area contributed by atoms with Gasteiger partial charge in [0.25, 0.3) is 0 Å². The van der Waals surface area contributed by atoms with Gasteiger partial charge in [-0.2, -0.15) is 0 Å². The van der Waals surface area contributed by atoms with E-state index in [0.29, 0.717) is 6.42 Å². The molecule has 0 radical (unpaired) electrons. The molecule has 0 aromatic carbocycles. The second kappa shape index (κ2) is 10.6. The Morgan fingerprint density at radius 1 is 1.16 bits per heavy atom. The number of esters is 1. The Kier molecular flexibility index (Phi) is 9.80. The lowest BCUT2D eigenvalue weighted by Gasteiger charge is -2.11. The van der Waals surface area contributed by atoms with Crippen molar-refractivity contribution in [3.63, 3.8) is 0 Å². The van der Waals surface area contributed by atoms with E-state index in [9.17, 15) is 14.7 Å². The molecule has 0 aliphatic carbocycles. The van der Waals surface area contributed by atoms with Gasteiger partial charge in [0.05, 0.1) is 12.2 Å². The summed E-state index contributed by atoms with van der Waals surface area (Å²) in [6.07, 6.45) is 6.78. The van der Waals surface area contributed by atoms with Crippen molar-refractivity contribution < 1.29 is 24.5 Å². The zero-order chi connectivity index (χ0) is 14.7. The highest BCUT2D eigenvalue weighted by atomic mass is 16.5. The number of aliphatic hydroxyl groups excluding tert-OH is 1. The fourth-order valence-corrected chi connectivity index (χ4v) is 1.77. The minimum Gasteiger partial charge on any atom is -0.478 e. The van der Waals surface area contributed by atoms with Gasteiger partial charge in [-0.3, -0.25) is 4.79 Å². The summed E-state index contributed by atoms with van der Waals surface area (Å²) in [6, 6.07) is 0. The standard InChI is InChI=1S/C14H24O5/c1-11(19-12(2)15)7-5-3-4-6-8-13(16)9-10-14(17)18/h9-11,13,16H,3-8H2,1-2H3,(H,17,18)/b10-9+/t11-,13+/m1/s1. The number of carboxylic acid groups (broad SMARTS) is 1. The van der Waals surface area contributed by atoms with Crippen LogP contribution in [-0.2, 0) is 14.3 Å². The largest absolute Gasteiger partial charge is 0.478 e. The van der Waals surface area contributed by atoms with Crippen LogP contribution >= 0.6 is 0 Å². The number of carboxylic acids is 1. The summed E-state index contributed by atoms with van der Waals surface area (Å²) in [7, 11) is 0. The van der Waals surface area contributed by atoms with Crippen LogP contribution in [0.3, 0.4) is 0 Å². The van der Waals surface area contributed by atoms with Gasteiger partial charge in [-0.05, 0) is 32.3 Å². The topological polar surface area (TPSA) is 83.8 Å². The third-order valence-corrected chi connectivity index (χ3v) is 2.69. The van der Waals surface area contributed by atoms with Crippen LogP contribution in [0.4, 0.5) is 0 Å². The van der Waals surface area contributed by atoms with Crippen molar-refractivity contribution >= 4 is 11.9 Å². The number of aliphatic carboxylic acids is 1. The minimum atomic E-state index is -1.04. The van der Waals surface area contributed by atoms with Crippen LogP contribution in [0.1, 0.15) is 52.4 Å². The van der Waals surface area contributed by atoms with Crippen molar-refractivity contribution in [3.8, 4) is 0 Å². The lowest BCUT2D eigenvalue weighted by atomic mass is 10.1. The minimum absolute atomic E-state index is 0.0402. The lowest BCUT2D eigenvalue weighted by molar-refractivity contribution is -0.145. The molecule has 0 fully saturated rings. The zero-order valence-corrected chi connectivity index (χ0v) is 11.7. The van der Waals surface area contributed by atoms with E-state index in [1.54, 1.807) is 0 Å². The average Bonchev–Trinajstić information content (AvgIpc) is 2.30. The highest BCUT2D eigenvalue weighted by molar-refractivity contribution is 5.79. The van der Waals surface area contributed by atoms with E-state index in [2.05, 4.69) is 0 Å². The molecule has 0 aliphatic rings. The van der Waals surface area contributed by atoms with Crippen LogP contribution in [0.2, 0.25) is 0 Å². The highest BCUT2D eigenvalue weighted by Crippen LogP contribution is 2.11. The Morgan fingerprint density at radius 3 is 2.26 bits per heavy atom. The molecule has 0 bridgehead atoms. The number of ether oxygens (including phenoxy) is 1. The van der Waals surface area contributed by atoms with Crippen LogP contribution in [0.5, 0.6) is 0 Å². The fraction of sp³-hybridized carbons (Fsp3) is 0.714. The molecule has 5 nitrogen and oxygen atoms in total. The third-order valence-electron chi connectivity index (χ3n) is 2.69. The first-order chi connectivity index (χ1) is 8.91. The number of hydrogen-bond donors (Lipinski definition) is 2.